The molecule has 7 unspecified atom stereocenters. The predicted molar refractivity (Wildman–Crippen MR) is 110 cm³/mol. The van der Waals surface area contributed by atoms with Crippen LogP contribution in [0.15, 0.2) is 11.6 Å². The first-order valence-corrected chi connectivity index (χ1v) is 11.6. The highest BCUT2D eigenvalue weighted by molar-refractivity contribution is 5.75. The maximum atomic E-state index is 11.5. The first-order valence-electron chi connectivity index (χ1n) is 11.6. The van der Waals surface area contributed by atoms with Crippen molar-refractivity contribution in [1.82, 2.24) is 0 Å². The van der Waals surface area contributed by atoms with Crippen LogP contribution < -0.4 is 0 Å². The van der Waals surface area contributed by atoms with E-state index in [2.05, 4.69) is 26.8 Å². The summed E-state index contributed by atoms with van der Waals surface area (Å²) in [5.74, 6) is 4.36. The van der Waals surface area contributed by atoms with Gasteiger partial charge in [-0.1, -0.05) is 32.4 Å². The van der Waals surface area contributed by atoms with Crippen LogP contribution in [0.25, 0.3) is 0 Å². The molecule has 0 saturated heterocycles. The number of allylic oxidation sites excluding steroid dienone is 1. The van der Waals surface area contributed by atoms with Crippen LogP contribution in [-0.2, 0) is 4.79 Å². The molecule has 0 aliphatic heterocycles. The molecule has 0 aromatic carbocycles. The second-order valence-corrected chi connectivity index (χ2v) is 11.1. The maximum Gasteiger partial charge on any atom is 0.129 e. The van der Waals surface area contributed by atoms with Gasteiger partial charge in [0.2, 0.25) is 0 Å². The number of rotatable bonds is 4. The first kappa shape index (κ1) is 19.7. The molecule has 4 aliphatic carbocycles. The summed E-state index contributed by atoms with van der Waals surface area (Å²) in [5.41, 5.74) is 2.41. The molecule has 0 heterocycles. The molecular formula is C25H40O2. The number of carbonyl (C=O) groups is 1. The summed E-state index contributed by atoms with van der Waals surface area (Å²) >= 11 is 0. The van der Waals surface area contributed by atoms with Crippen molar-refractivity contribution in [3.8, 4) is 0 Å². The van der Waals surface area contributed by atoms with Gasteiger partial charge < -0.3 is 9.90 Å². The molecule has 27 heavy (non-hydrogen) atoms. The number of hydrogen-bond acceptors (Lipinski definition) is 2. The average molecular weight is 373 g/mol. The zero-order valence-electron chi connectivity index (χ0n) is 18.0. The smallest absolute Gasteiger partial charge is 0.129 e. The average Bonchev–Trinajstić information content (AvgIpc) is 2.97. The van der Waals surface area contributed by atoms with Crippen molar-refractivity contribution in [3.05, 3.63) is 11.6 Å². The molecule has 2 nitrogen and oxygen atoms in total. The Bertz CT molecular complexity index is 622. The Morgan fingerprint density at radius 1 is 1.19 bits per heavy atom. The van der Waals surface area contributed by atoms with E-state index < -0.39 is 0 Å². The predicted octanol–water partition coefficient (Wildman–Crippen LogP) is 5.93. The SMILES string of the molecule is CC(=O)CC[C@@H](C)C1CCC2C3CC=C4CC(O)CCC4(C)C3CCC21C. The molecule has 0 aromatic rings. The third-order valence-corrected chi connectivity index (χ3v) is 9.79. The summed E-state index contributed by atoms with van der Waals surface area (Å²) in [6, 6.07) is 0. The van der Waals surface area contributed by atoms with Crippen LogP contribution in [-0.4, -0.2) is 17.0 Å². The Labute approximate surface area is 166 Å². The number of hydrogen-bond donors (Lipinski definition) is 1. The second-order valence-electron chi connectivity index (χ2n) is 11.1. The molecule has 0 radical (unpaired) electrons. The Morgan fingerprint density at radius 2 is 1.96 bits per heavy atom. The van der Waals surface area contributed by atoms with Gasteiger partial charge >= 0.3 is 0 Å². The van der Waals surface area contributed by atoms with Gasteiger partial charge in [-0.2, -0.15) is 0 Å². The number of aliphatic hydroxyl groups excluding tert-OH is 1. The molecule has 0 bridgehead atoms. The third-order valence-electron chi connectivity index (χ3n) is 9.79. The molecule has 152 valence electrons. The van der Waals surface area contributed by atoms with Crippen LogP contribution in [0.3, 0.4) is 0 Å². The van der Waals surface area contributed by atoms with Crippen molar-refractivity contribution in [2.75, 3.05) is 0 Å². The van der Waals surface area contributed by atoms with Crippen molar-refractivity contribution >= 4 is 5.78 Å². The van der Waals surface area contributed by atoms with Gasteiger partial charge in [0.1, 0.15) is 5.78 Å². The Balaban J connectivity index is 1.54. The van der Waals surface area contributed by atoms with E-state index in [1.807, 2.05) is 0 Å². The Kier molecular flexibility index (Phi) is 5.11. The van der Waals surface area contributed by atoms with Crippen molar-refractivity contribution in [2.45, 2.75) is 98.0 Å². The van der Waals surface area contributed by atoms with Crippen LogP contribution >= 0.6 is 0 Å². The highest BCUT2D eigenvalue weighted by atomic mass is 16.3. The van der Waals surface area contributed by atoms with Crippen LogP contribution in [0.4, 0.5) is 0 Å². The number of ketones is 1. The fraction of sp³-hybridized carbons (Fsp3) is 0.880. The molecule has 3 fully saturated rings. The number of aliphatic hydroxyl groups is 1. The molecule has 0 amide bonds. The number of Topliss-reactive ketones (excluding diaryl/α,β-unsaturated/α-hetero) is 1. The fourth-order valence-corrected chi connectivity index (χ4v) is 8.25. The standard InChI is InChI=1S/C25H40O2/c1-16(5-6-17(2)26)21-9-10-22-20-8-7-18-15-19(27)11-13-24(18,3)23(20)12-14-25(21,22)4/h7,16,19-23,27H,5-6,8-15H2,1-4H3/t16-,19?,20?,21?,22?,23?,24?,25?/m1/s1. The summed E-state index contributed by atoms with van der Waals surface area (Å²) in [7, 11) is 0. The summed E-state index contributed by atoms with van der Waals surface area (Å²) in [4.78, 5) is 11.5. The minimum absolute atomic E-state index is 0.104. The fourth-order valence-electron chi connectivity index (χ4n) is 8.25. The third kappa shape index (κ3) is 3.15. The lowest BCUT2D eigenvalue weighted by Crippen LogP contribution is -2.50. The van der Waals surface area contributed by atoms with Gasteiger partial charge in [-0.3, -0.25) is 0 Å². The topological polar surface area (TPSA) is 37.3 Å². The van der Waals surface area contributed by atoms with E-state index in [4.69, 9.17) is 0 Å². The van der Waals surface area contributed by atoms with Gasteiger partial charge in [0.15, 0.2) is 0 Å². The molecule has 3 saturated carbocycles. The van der Waals surface area contributed by atoms with Gasteiger partial charge in [0.05, 0.1) is 6.10 Å². The highest BCUT2D eigenvalue weighted by Crippen LogP contribution is 2.67. The lowest BCUT2D eigenvalue weighted by atomic mass is 9.47. The minimum atomic E-state index is -0.104. The quantitative estimate of drug-likeness (QED) is 0.621. The van der Waals surface area contributed by atoms with Crippen LogP contribution in [0.5, 0.6) is 0 Å². The van der Waals surface area contributed by atoms with Crippen LogP contribution in [0.1, 0.15) is 91.9 Å². The van der Waals surface area contributed by atoms with E-state index in [-0.39, 0.29) is 6.10 Å². The van der Waals surface area contributed by atoms with E-state index in [9.17, 15) is 9.90 Å². The van der Waals surface area contributed by atoms with Crippen LogP contribution in [0.2, 0.25) is 0 Å². The van der Waals surface area contributed by atoms with Gasteiger partial charge in [0, 0.05) is 6.42 Å². The zero-order chi connectivity index (χ0) is 19.4. The van der Waals surface area contributed by atoms with Crippen molar-refractivity contribution < 1.29 is 9.90 Å². The lowest BCUT2D eigenvalue weighted by Gasteiger charge is -2.58. The zero-order valence-corrected chi connectivity index (χ0v) is 18.0. The molecule has 0 spiro atoms. The van der Waals surface area contributed by atoms with E-state index in [1.165, 1.54) is 38.5 Å². The summed E-state index contributed by atoms with van der Waals surface area (Å²) in [6.07, 6.45) is 14.1. The highest BCUT2D eigenvalue weighted by Gasteiger charge is 2.59. The van der Waals surface area contributed by atoms with E-state index >= 15 is 0 Å². The minimum Gasteiger partial charge on any atom is -0.393 e. The summed E-state index contributed by atoms with van der Waals surface area (Å²) < 4.78 is 0. The normalized spacial score (nSPS) is 47.4. The van der Waals surface area contributed by atoms with Gasteiger partial charge in [-0.25, -0.2) is 0 Å². The van der Waals surface area contributed by atoms with E-state index in [0.717, 1.165) is 49.4 Å². The van der Waals surface area contributed by atoms with Crippen molar-refractivity contribution in [2.24, 2.45) is 40.4 Å². The molecule has 1 N–H and O–H groups in total. The maximum absolute atomic E-state index is 11.5. The molecule has 4 aliphatic rings. The van der Waals surface area contributed by atoms with Crippen molar-refractivity contribution in [1.29, 1.82) is 0 Å². The molecule has 2 heteroatoms. The largest absolute Gasteiger partial charge is 0.393 e. The monoisotopic (exact) mass is 372 g/mol. The van der Waals surface area contributed by atoms with E-state index in [0.29, 0.717) is 22.5 Å². The number of carbonyl (C=O) groups excluding carboxylic acids is 1. The molecule has 4 rings (SSSR count). The molecule has 0 aromatic heterocycles. The lowest BCUT2D eigenvalue weighted by molar-refractivity contribution is -0.117. The summed E-state index contributed by atoms with van der Waals surface area (Å²) in [6.45, 7) is 9.27. The second kappa shape index (κ2) is 7.01. The van der Waals surface area contributed by atoms with Crippen LogP contribution in [0, 0.1) is 40.4 Å². The number of fused-ring (bicyclic) bond motifs is 5. The van der Waals surface area contributed by atoms with Gasteiger partial charge in [-0.15, -0.1) is 0 Å². The molecular weight excluding hydrogens is 332 g/mol. The first-order chi connectivity index (χ1) is 12.8. The van der Waals surface area contributed by atoms with Crippen molar-refractivity contribution in [3.63, 3.8) is 0 Å². The van der Waals surface area contributed by atoms with E-state index in [1.54, 1.807) is 12.5 Å². The van der Waals surface area contributed by atoms with Gasteiger partial charge in [-0.05, 0) is 105 Å². The Morgan fingerprint density at radius 3 is 2.70 bits per heavy atom. The summed E-state index contributed by atoms with van der Waals surface area (Å²) in [5, 5.41) is 10.2. The van der Waals surface area contributed by atoms with Gasteiger partial charge in [0.25, 0.3) is 0 Å². The molecule has 8 atom stereocenters. The Hall–Kier alpha value is -0.630.